The second-order valence-corrected chi connectivity index (χ2v) is 9.05. The van der Waals surface area contributed by atoms with Crippen LogP contribution in [0.15, 0.2) is 48.5 Å². The van der Waals surface area contributed by atoms with Crippen LogP contribution in [-0.4, -0.2) is 52.8 Å². The zero-order valence-corrected chi connectivity index (χ0v) is 17.9. The van der Waals surface area contributed by atoms with Crippen LogP contribution in [0.25, 0.3) is 11.1 Å². The molecule has 0 saturated carbocycles. The molecule has 0 bridgehead atoms. The van der Waals surface area contributed by atoms with E-state index in [1.807, 2.05) is 31.2 Å². The predicted octanol–water partition coefficient (Wildman–Crippen LogP) is 4.85. The van der Waals surface area contributed by atoms with Crippen molar-refractivity contribution in [1.29, 1.82) is 0 Å². The number of ether oxygens (including phenoxy) is 1. The van der Waals surface area contributed by atoms with Crippen molar-refractivity contribution in [2.24, 2.45) is 5.92 Å². The number of hydrogen-bond donors (Lipinski definition) is 1. The van der Waals surface area contributed by atoms with Crippen molar-refractivity contribution in [3.8, 4) is 11.1 Å². The van der Waals surface area contributed by atoms with Gasteiger partial charge in [-0.3, -0.25) is 4.90 Å². The Labute approximate surface area is 181 Å². The number of aliphatic carboxylic acids is 1. The molecule has 1 aliphatic carbocycles. The molecule has 4 rings (SSSR count). The molecule has 2 aromatic rings. The lowest BCUT2D eigenvalue weighted by atomic mass is 9.97. The number of fused-ring (bicyclic) bond motifs is 3. The molecule has 30 heavy (non-hydrogen) atoms. The van der Waals surface area contributed by atoms with Gasteiger partial charge >= 0.3 is 12.1 Å². The number of rotatable bonds is 7. The van der Waals surface area contributed by atoms with E-state index in [9.17, 15) is 14.7 Å². The number of amides is 1. The van der Waals surface area contributed by atoms with Crippen molar-refractivity contribution < 1.29 is 19.4 Å². The van der Waals surface area contributed by atoms with Crippen molar-refractivity contribution in [3.63, 3.8) is 0 Å². The van der Waals surface area contributed by atoms with E-state index < -0.39 is 18.1 Å². The van der Waals surface area contributed by atoms with Gasteiger partial charge in [-0.2, -0.15) is 11.8 Å². The maximum atomic E-state index is 13.1. The number of carboxylic acid groups (broad SMARTS) is 1. The fraction of sp³-hybridized carbons (Fsp3) is 0.417. The van der Waals surface area contributed by atoms with E-state index >= 15 is 0 Å². The zero-order valence-electron chi connectivity index (χ0n) is 17.1. The number of carbonyl (C=O) groups excluding carboxylic acids is 1. The Hall–Kier alpha value is -2.47. The Bertz CT molecular complexity index is 879. The minimum Gasteiger partial charge on any atom is -0.480 e. The molecule has 2 unspecified atom stereocenters. The maximum absolute atomic E-state index is 13.1. The number of thioether (sulfide) groups is 1. The molecule has 2 atom stereocenters. The second kappa shape index (κ2) is 9.13. The predicted molar refractivity (Wildman–Crippen MR) is 119 cm³/mol. The SMILES string of the molecule is CCCN(C(=O)OCC1c2ccccc2-c2ccccc21)C(C(=O)O)C1CCSC1. The molecule has 2 aliphatic rings. The van der Waals surface area contributed by atoms with Crippen LogP contribution in [-0.2, 0) is 9.53 Å². The van der Waals surface area contributed by atoms with E-state index in [2.05, 4.69) is 24.3 Å². The highest BCUT2D eigenvalue weighted by Crippen LogP contribution is 2.44. The topological polar surface area (TPSA) is 66.8 Å². The zero-order chi connectivity index (χ0) is 21.1. The van der Waals surface area contributed by atoms with E-state index in [1.165, 1.54) is 16.0 Å². The molecule has 1 saturated heterocycles. The molecule has 1 heterocycles. The molecular formula is C24H27NO4S. The number of carboxylic acids is 1. The van der Waals surface area contributed by atoms with Gasteiger partial charge in [0.05, 0.1) is 0 Å². The highest BCUT2D eigenvalue weighted by molar-refractivity contribution is 7.99. The minimum absolute atomic E-state index is 0.0282. The number of hydrogen-bond acceptors (Lipinski definition) is 4. The average Bonchev–Trinajstić information content (AvgIpc) is 3.38. The molecule has 1 aliphatic heterocycles. The van der Waals surface area contributed by atoms with Crippen LogP contribution >= 0.6 is 11.8 Å². The van der Waals surface area contributed by atoms with Crippen LogP contribution in [0.4, 0.5) is 4.79 Å². The lowest BCUT2D eigenvalue weighted by Crippen LogP contribution is -2.50. The highest BCUT2D eigenvalue weighted by atomic mass is 32.2. The van der Waals surface area contributed by atoms with E-state index in [1.54, 1.807) is 11.8 Å². The molecule has 0 radical (unpaired) electrons. The Morgan fingerprint density at radius 3 is 2.30 bits per heavy atom. The van der Waals surface area contributed by atoms with Gasteiger partial charge in [0, 0.05) is 18.4 Å². The van der Waals surface area contributed by atoms with Gasteiger partial charge in [0.15, 0.2) is 0 Å². The molecule has 5 nitrogen and oxygen atoms in total. The summed E-state index contributed by atoms with van der Waals surface area (Å²) in [7, 11) is 0. The molecule has 1 fully saturated rings. The van der Waals surface area contributed by atoms with Crippen LogP contribution in [0, 0.1) is 5.92 Å². The highest BCUT2D eigenvalue weighted by Gasteiger charge is 2.39. The molecule has 1 N–H and O–H groups in total. The lowest BCUT2D eigenvalue weighted by Gasteiger charge is -2.32. The third-order valence-electron chi connectivity index (χ3n) is 6.04. The Kier molecular flexibility index (Phi) is 6.32. The fourth-order valence-corrected chi connectivity index (χ4v) is 5.94. The maximum Gasteiger partial charge on any atom is 0.410 e. The number of nitrogens with zero attached hydrogens (tertiary/aromatic N) is 1. The largest absolute Gasteiger partial charge is 0.480 e. The second-order valence-electron chi connectivity index (χ2n) is 7.90. The number of benzene rings is 2. The smallest absolute Gasteiger partial charge is 0.410 e. The standard InChI is InChI=1S/C24H27NO4S/c1-2-12-25(22(23(26)27)16-11-13-30-15-16)24(28)29-14-21-19-9-5-3-7-17(19)18-8-4-6-10-20(18)21/h3-10,16,21-22H,2,11-15H2,1H3,(H,26,27). The van der Waals surface area contributed by atoms with Gasteiger partial charge in [-0.05, 0) is 46.6 Å². The average molecular weight is 426 g/mol. The quantitative estimate of drug-likeness (QED) is 0.687. The molecule has 1 amide bonds. The molecule has 2 aromatic carbocycles. The minimum atomic E-state index is -0.940. The van der Waals surface area contributed by atoms with Crippen LogP contribution in [0.5, 0.6) is 0 Å². The van der Waals surface area contributed by atoms with Crippen molar-refractivity contribution >= 4 is 23.8 Å². The molecule has 6 heteroatoms. The summed E-state index contributed by atoms with van der Waals surface area (Å²) in [5, 5.41) is 9.86. The van der Waals surface area contributed by atoms with Gasteiger partial charge in [-0.1, -0.05) is 55.5 Å². The molecule has 0 aromatic heterocycles. The van der Waals surface area contributed by atoms with E-state index in [-0.39, 0.29) is 18.4 Å². The van der Waals surface area contributed by atoms with Crippen molar-refractivity contribution in [2.45, 2.75) is 31.7 Å². The summed E-state index contributed by atoms with van der Waals surface area (Å²) in [5.41, 5.74) is 4.64. The Balaban J connectivity index is 1.53. The van der Waals surface area contributed by atoms with Crippen molar-refractivity contribution in [1.82, 2.24) is 4.90 Å². The summed E-state index contributed by atoms with van der Waals surface area (Å²) < 4.78 is 5.76. The normalized spacial score (nSPS) is 18.5. The molecular weight excluding hydrogens is 398 g/mol. The summed E-state index contributed by atoms with van der Waals surface area (Å²) in [6.45, 7) is 2.54. The Morgan fingerprint density at radius 1 is 1.13 bits per heavy atom. The van der Waals surface area contributed by atoms with E-state index in [0.29, 0.717) is 13.0 Å². The van der Waals surface area contributed by atoms with Gasteiger partial charge in [-0.15, -0.1) is 0 Å². The number of carbonyl (C=O) groups is 2. The summed E-state index contributed by atoms with van der Waals surface area (Å²) in [4.78, 5) is 26.5. The monoisotopic (exact) mass is 425 g/mol. The Morgan fingerprint density at radius 2 is 1.77 bits per heavy atom. The van der Waals surface area contributed by atoms with Gasteiger partial charge in [0.25, 0.3) is 0 Å². The first-order chi connectivity index (χ1) is 14.6. The lowest BCUT2D eigenvalue weighted by molar-refractivity contribution is -0.144. The summed E-state index contributed by atoms with van der Waals surface area (Å²) in [6, 6.07) is 15.6. The van der Waals surface area contributed by atoms with Gasteiger partial charge < -0.3 is 9.84 Å². The molecule has 158 valence electrons. The van der Waals surface area contributed by atoms with Crippen LogP contribution in [0.1, 0.15) is 36.8 Å². The first-order valence-electron chi connectivity index (χ1n) is 10.5. The summed E-state index contributed by atoms with van der Waals surface area (Å²) in [6.07, 6.45) is 0.981. The molecule has 0 spiro atoms. The third kappa shape index (κ3) is 3.93. The first kappa shape index (κ1) is 20.8. The van der Waals surface area contributed by atoms with Crippen molar-refractivity contribution in [3.05, 3.63) is 59.7 Å². The summed E-state index contributed by atoms with van der Waals surface area (Å²) >= 11 is 1.75. The van der Waals surface area contributed by atoms with Gasteiger partial charge in [-0.25, -0.2) is 9.59 Å². The van der Waals surface area contributed by atoms with Gasteiger partial charge in [0.2, 0.25) is 0 Å². The third-order valence-corrected chi connectivity index (χ3v) is 7.22. The van der Waals surface area contributed by atoms with Crippen LogP contribution in [0.3, 0.4) is 0 Å². The van der Waals surface area contributed by atoms with Gasteiger partial charge in [0.1, 0.15) is 12.6 Å². The fourth-order valence-electron chi connectivity index (χ4n) is 4.65. The van der Waals surface area contributed by atoms with Crippen LogP contribution in [0.2, 0.25) is 0 Å². The van der Waals surface area contributed by atoms with E-state index in [4.69, 9.17) is 4.74 Å². The van der Waals surface area contributed by atoms with Crippen molar-refractivity contribution in [2.75, 3.05) is 24.7 Å². The van der Waals surface area contributed by atoms with Crippen LogP contribution < -0.4 is 0 Å². The van der Waals surface area contributed by atoms with E-state index in [0.717, 1.165) is 29.1 Å². The summed E-state index contributed by atoms with van der Waals surface area (Å²) in [5.74, 6) is 0.714. The first-order valence-corrected chi connectivity index (χ1v) is 11.7.